The largest absolute Gasteiger partial charge is 0.341 e. The van der Waals surface area contributed by atoms with Crippen molar-refractivity contribution in [3.05, 3.63) is 32.4 Å². The number of anilines is 1. The Balaban J connectivity index is 2.28. The molecule has 1 saturated heterocycles. The maximum absolute atomic E-state index is 12.8. The predicted octanol–water partition coefficient (Wildman–Crippen LogP) is 0.327. The summed E-state index contributed by atoms with van der Waals surface area (Å²) < 4.78 is 4.48. The van der Waals surface area contributed by atoms with Crippen LogP contribution in [0.25, 0.3) is 11.0 Å². The molecular formula is C17H26N6O2. The molecule has 1 fully saturated rings. The second kappa shape index (κ2) is 6.51. The van der Waals surface area contributed by atoms with Crippen molar-refractivity contribution in [3.8, 4) is 0 Å². The second-order valence-electron chi connectivity index (χ2n) is 7.01. The van der Waals surface area contributed by atoms with Gasteiger partial charge in [0.2, 0.25) is 5.95 Å². The average molecular weight is 346 g/mol. The van der Waals surface area contributed by atoms with Gasteiger partial charge in [-0.05, 0) is 26.7 Å². The molecule has 1 aliphatic heterocycles. The van der Waals surface area contributed by atoms with Crippen LogP contribution in [0.4, 0.5) is 5.95 Å². The fraction of sp³-hybridized carbons (Fsp3) is 0.588. The van der Waals surface area contributed by atoms with E-state index in [9.17, 15) is 9.59 Å². The summed E-state index contributed by atoms with van der Waals surface area (Å²) in [4.78, 5) is 32.1. The van der Waals surface area contributed by atoms with Gasteiger partial charge in [0.05, 0.1) is 0 Å². The molecule has 8 heteroatoms. The van der Waals surface area contributed by atoms with Gasteiger partial charge in [0.1, 0.15) is 5.52 Å². The molecule has 3 heterocycles. The zero-order valence-electron chi connectivity index (χ0n) is 15.3. The van der Waals surface area contributed by atoms with E-state index in [1.165, 1.54) is 9.36 Å². The summed E-state index contributed by atoms with van der Waals surface area (Å²) in [5.74, 6) is 0.656. The molecule has 3 rings (SSSR count). The topological polar surface area (TPSA) is 91.1 Å². The lowest BCUT2D eigenvalue weighted by atomic mass is 10.1. The third-order valence-corrected chi connectivity index (χ3v) is 4.81. The molecular weight excluding hydrogens is 320 g/mol. The number of allylic oxidation sites excluding steroid dienone is 2. The molecule has 25 heavy (non-hydrogen) atoms. The second-order valence-corrected chi connectivity index (χ2v) is 7.01. The van der Waals surface area contributed by atoms with Gasteiger partial charge in [-0.1, -0.05) is 11.6 Å². The van der Waals surface area contributed by atoms with Crippen LogP contribution >= 0.6 is 0 Å². The van der Waals surface area contributed by atoms with Gasteiger partial charge in [-0.15, -0.1) is 0 Å². The summed E-state index contributed by atoms with van der Waals surface area (Å²) in [5, 5.41) is 0. The van der Waals surface area contributed by atoms with Gasteiger partial charge in [0.15, 0.2) is 5.52 Å². The van der Waals surface area contributed by atoms with Crippen molar-refractivity contribution < 1.29 is 0 Å². The van der Waals surface area contributed by atoms with Crippen molar-refractivity contribution in [1.82, 2.24) is 18.9 Å². The van der Waals surface area contributed by atoms with E-state index in [0.717, 1.165) is 25.0 Å². The normalized spacial score (nSPS) is 18.0. The highest BCUT2D eigenvalue weighted by molar-refractivity contribution is 5.77. The molecule has 0 unspecified atom stereocenters. The van der Waals surface area contributed by atoms with Crippen molar-refractivity contribution in [2.24, 2.45) is 19.8 Å². The van der Waals surface area contributed by atoms with Crippen LogP contribution in [0.5, 0.6) is 0 Å². The standard InChI is InChI=1S/C17H26N6O2/c1-11(2)7-9-23-14-13(15(24)20(3)21(4)16(14)25)19-17(23)22-8-5-6-12(18)10-22/h7,12H,5-6,8-10,18H2,1-4H3/t12-/m0/s1. The predicted molar refractivity (Wildman–Crippen MR) is 99.1 cm³/mol. The van der Waals surface area contributed by atoms with Crippen LogP contribution in [0.15, 0.2) is 21.2 Å². The lowest BCUT2D eigenvalue weighted by molar-refractivity contribution is 0.495. The SMILES string of the molecule is CC(C)=CCn1c(N2CCC[C@H](N)C2)nc2c(=O)n(C)n(C)c(=O)c21. The molecule has 0 amide bonds. The summed E-state index contributed by atoms with van der Waals surface area (Å²) in [6, 6.07) is 0.0798. The minimum absolute atomic E-state index is 0.0798. The smallest absolute Gasteiger partial charge is 0.293 e. The van der Waals surface area contributed by atoms with E-state index >= 15 is 0 Å². The van der Waals surface area contributed by atoms with Gasteiger partial charge in [-0.25, -0.2) is 14.3 Å². The Kier molecular flexibility index (Phi) is 4.55. The van der Waals surface area contributed by atoms with E-state index in [1.807, 2.05) is 24.5 Å². The number of rotatable bonds is 3. The summed E-state index contributed by atoms with van der Waals surface area (Å²) >= 11 is 0. The number of nitrogens with two attached hydrogens (primary N) is 1. The molecule has 1 atom stereocenters. The van der Waals surface area contributed by atoms with E-state index < -0.39 is 0 Å². The molecule has 0 aliphatic carbocycles. The first-order valence-corrected chi connectivity index (χ1v) is 8.61. The lowest BCUT2D eigenvalue weighted by Crippen LogP contribution is -2.44. The van der Waals surface area contributed by atoms with Crippen molar-refractivity contribution in [2.45, 2.75) is 39.3 Å². The first-order valence-electron chi connectivity index (χ1n) is 8.61. The monoisotopic (exact) mass is 346 g/mol. The number of piperidine rings is 1. The number of fused-ring (bicyclic) bond motifs is 1. The molecule has 136 valence electrons. The lowest BCUT2D eigenvalue weighted by Gasteiger charge is -2.31. The van der Waals surface area contributed by atoms with Gasteiger partial charge >= 0.3 is 0 Å². The molecule has 1 aliphatic rings. The maximum atomic E-state index is 12.8. The summed E-state index contributed by atoms with van der Waals surface area (Å²) in [7, 11) is 3.17. The number of imidazole rings is 1. The number of nitrogens with zero attached hydrogens (tertiary/aromatic N) is 5. The van der Waals surface area contributed by atoms with Crippen LogP contribution in [-0.2, 0) is 20.6 Å². The Hall–Kier alpha value is -2.35. The summed E-state index contributed by atoms with van der Waals surface area (Å²) in [5.41, 5.74) is 7.35. The van der Waals surface area contributed by atoms with Gasteiger partial charge in [0.25, 0.3) is 11.1 Å². The van der Waals surface area contributed by atoms with E-state index in [1.54, 1.807) is 14.1 Å². The Bertz CT molecular complexity index is 945. The zero-order valence-corrected chi connectivity index (χ0v) is 15.3. The molecule has 2 N–H and O–H groups in total. The molecule has 8 nitrogen and oxygen atoms in total. The average Bonchev–Trinajstić information content (AvgIpc) is 2.96. The fourth-order valence-corrected chi connectivity index (χ4v) is 3.27. The number of hydrogen-bond acceptors (Lipinski definition) is 5. The van der Waals surface area contributed by atoms with E-state index in [-0.39, 0.29) is 22.7 Å². The molecule has 0 radical (unpaired) electrons. The zero-order chi connectivity index (χ0) is 18.3. The molecule has 2 aromatic rings. The van der Waals surface area contributed by atoms with Crippen molar-refractivity contribution in [3.63, 3.8) is 0 Å². The Morgan fingerprint density at radius 3 is 2.56 bits per heavy atom. The van der Waals surface area contributed by atoms with Crippen LogP contribution in [0, 0.1) is 0 Å². The highest BCUT2D eigenvalue weighted by Crippen LogP contribution is 2.22. The van der Waals surface area contributed by atoms with E-state index in [2.05, 4.69) is 9.88 Å². The molecule has 2 aromatic heterocycles. The molecule has 0 aromatic carbocycles. The van der Waals surface area contributed by atoms with Gasteiger partial charge < -0.3 is 15.2 Å². The minimum Gasteiger partial charge on any atom is -0.341 e. The Morgan fingerprint density at radius 1 is 1.24 bits per heavy atom. The highest BCUT2D eigenvalue weighted by Gasteiger charge is 2.25. The number of aromatic nitrogens is 4. The van der Waals surface area contributed by atoms with E-state index in [0.29, 0.717) is 24.6 Å². The van der Waals surface area contributed by atoms with Crippen LogP contribution in [-0.4, -0.2) is 38.0 Å². The van der Waals surface area contributed by atoms with Crippen LogP contribution in [0.2, 0.25) is 0 Å². The Morgan fingerprint density at radius 2 is 1.92 bits per heavy atom. The van der Waals surface area contributed by atoms with Crippen molar-refractivity contribution >= 4 is 17.0 Å². The maximum Gasteiger partial charge on any atom is 0.293 e. The summed E-state index contributed by atoms with van der Waals surface area (Å²) in [6.07, 6.45) is 3.99. The molecule has 0 spiro atoms. The summed E-state index contributed by atoms with van der Waals surface area (Å²) in [6.45, 7) is 6.02. The third-order valence-electron chi connectivity index (χ3n) is 4.81. The van der Waals surface area contributed by atoms with Crippen molar-refractivity contribution in [2.75, 3.05) is 18.0 Å². The van der Waals surface area contributed by atoms with Gasteiger partial charge in [-0.3, -0.25) is 9.59 Å². The van der Waals surface area contributed by atoms with Crippen molar-refractivity contribution in [1.29, 1.82) is 0 Å². The fourth-order valence-electron chi connectivity index (χ4n) is 3.27. The van der Waals surface area contributed by atoms with Crippen LogP contribution < -0.4 is 21.8 Å². The third kappa shape index (κ3) is 3.02. The molecule has 0 bridgehead atoms. The first-order chi connectivity index (χ1) is 11.8. The van der Waals surface area contributed by atoms with Crippen LogP contribution in [0.1, 0.15) is 26.7 Å². The Labute approximate surface area is 146 Å². The quantitative estimate of drug-likeness (QED) is 0.809. The van der Waals surface area contributed by atoms with E-state index in [4.69, 9.17) is 5.73 Å². The van der Waals surface area contributed by atoms with Crippen LogP contribution in [0.3, 0.4) is 0 Å². The number of hydrogen-bond donors (Lipinski definition) is 1. The molecule has 0 saturated carbocycles. The van der Waals surface area contributed by atoms with Gasteiger partial charge in [-0.2, -0.15) is 0 Å². The first kappa shape index (κ1) is 17.5. The highest BCUT2D eigenvalue weighted by atomic mass is 16.2. The van der Waals surface area contributed by atoms with Gasteiger partial charge in [0, 0.05) is 39.8 Å². The minimum atomic E-state index is -0.268.